The average molecular weight is 435 g/mol. The first-order chi connectivity index (χ1) is 14.1. The lowest BCUT2D eigenvalue weighted by Crippen LogP contribution is -2.29. The number of carbonyl (C=O) groups is 1. The molecule has 2 N–H and O–H groups in total. The number of hydrazone groups is 1. The average Bonchev–Trinajstić information content (AvgIpc) is 3.02. The van der Waals surface area contributed by atoms with Crippen LogP contribution in [-0.4, -0.2) is 42.9 Å². The summed E-state index contributed by atoms with van der Waals surface area (Å²) in [7, 11) is 0. The van der Waals surface area contributed by atoms with E-state index in [2.05, 4.69) is 20.8 Å². The first-order valence-electron chi connectivity index (χ1n) is 9.32. The summed E-state index contributed by atoms with van der Waals surface area (Å²) in [4.78, 5) is 15.6. The van der Waals surface area contributed by atoms with Crippen LogP contribution in [0.5, 0.6) is 5.88 Å². The first-order valence-corrected chi connectivity index (χ1v) is 10.1. The Labute approximate surface area is 178 Å². The Morgan fingerprint density at radius 2 is 2.10 bits per heavy atom. The zero-order chi connectivity index (χ0) is 20.2. The van der Waals surface area contributed by atoms with Gasteiger partial charge in [-0.2, -0.15) is 5.10 Å². The number of ether oxygens (including phenoxy) is 2. The maximum absolute atomic E-state index is 11.3. The molecule has 2 aliphatic heterocycles. The molecule has 0 radical (unpaired) electrons. The fraction of sp³-hybridized carbons (Fsp3) is 0.350. The highest BCUT2D eigenvalue weighted by Crippen LogP contribution is 2.32. The maximum Gasteiger partial charge on any atom is 0.246 e. The number of rotatable bonds is 5. The van der Waals surface area contributed by atoms with E-state index in [1.54, 1.807) is 18.3 Å². The van der Waals surface area contributed by atoms with Crippen LogP contribution in [-0.2, 0) is 9.53 Å². The fourth-order valence-electron chi connectivity index (χ4n) is 3.35. The number of nitrogens with one attached hydrogen (secondary N) is 2. The van der Waals surface area contributed by atoms with E-state index in [1.165, 1.54) is 0 Å². The molecule has 3 heterocycles. The Bertz CT molecular complexity index is 920. The van der Waals surface area contributed by atoms with E-state index in [0.29, 0.717) is 34.9 Å². The largest absolute Gasteiger partial charge is 0.477 e. The van der Waals surface area contributed by atoms with Crippen molar-refractivity contribution in [1.29, 1.82) is 0 Å². The van der Waals surface area contributed by atoms with Crippen molar-refractivity contribution in [3.8, 4) is 5.88 Å². The molecular formula is C20H20Cl2N4O3. The third-order valence-corrected chi connectivity index (χ3v) is 5.58. The van der Waals surface area contributed by atoms with Gasteiger partial charge in [-0.05, 0) is 23.8 Å². The van der Waals surface area contributed by atoms with Gasteiger partial charge in [0.1, 0.15) is 0 Å². The molecule has 29 heavy (non-hydrogen) atoms. The Balaban J connectivity index is 1.43. The molecule has 2 aromatic rings. The van der Waals surface area contributed by atoms with Crippen LogP contribution in [0.15, 0.2) is 41.6 Å². The number of hydrogen-bond donors (Lipinski definition) is 2. The minimum atomic E-state index is -0.163. The molecule has 0 aliphatic carbocycles. The van der Waals surface area contributed by atoms with Crippen LogP contribution in [0.25, 0.3) is 0 Å². The van der Waals surface area contributed by atoms with Gasteiger partial charge in [0.15, 0.2) is 0 Å². The summed E-state index contributed by atoms with van der Waals surface area (Å²) in [5, 5.41) is 8.39. The van der Waals surface area contributed by atoms with Gasteiger partial charge >= 0.3 is 0 Å². The van der Waals surface area contributed by atoms with Gasteiger partial charge in [0.05, 0.1) is 41.5 Å². The van der Waals surface area contributed by atoms with Crippen molar-refractivity contribution in [3.05, 3.63) is 57.7 Å². The van der Waals surface area contributed by atoms with Gasteiger partial charge in [-0.15, -0.1) is 0 Å². The summed E-state index contributed by atoms with van der Waals surface area (Å²) < 4.78 is 12.0. The van der Waals surface area contributed by atoms with Gasteiger partial charge < -0.3 is 14.8 Å². The topological polar surface area (TPSA) is 84.8 Å². The Hall–Kier alpha value is -2.19. The molecule has 4 rings (SSSR count). The first kappa shape index (κ1) is 20.1. The highest BCUT2D eigenvalue weighted by molar-refractivity contribution is 6.42. The molecular weight excluding hydrogens is 415 g/mol. The zero-order valence-corrected chi connectivity index (χ0v) is 17.0. The lowest BCUT2D eigenvalue weighted by molar-refractivity contribution is -0.119. The predicted molar refractivity (Wildman–Crippen MR) is 111 cm³/mol. The third-order valence-electron chi connectivity index (χ3n) is 4.84. The second-order valence-electron chi connectivity index (χ2n) is 6.90. The SMILES string of the molecule is O=C1CC(c2ccc(OC[C@@H]3CNCCO[C@H]3c3ccc(Cl)c(Cl)c3)nc2)=NN1. The second-order valence-corrected chi connectivity index (χ2v) is 7.71. The van der Waals surface area contributed by atoms with Crippen LogP contribution in [0.2, 0.25) is 10.0 Å². The van der Waals surface area contributed by atoms with Crippen molar-refractivity contribution in [2.75, 3.05) is 26.3 Å². The zero-order valence-electron chi connectivity index (χ0n) is 15.5. The van der Waals surface area contributed by atoms with Crippen molar-refractivity contribution in [2.45, 2.75) is 12.5 Å². The number of amides is 1. The molecule has 152 valence electrons. The molecule has 1 saturated heterocycles. The third kappa shape index (κ3) is 4.87. The van der Waals surface area contributed by atoms with Crippen LogP contribution < -0.4 is 15.5 Å². The van der Waals surface area contributed by atoms with E-state index in [0.717, 1.165) is 24.2 Å². The van der Waals surface area contributed by atoms with Crippen molar-refractivity contribution in [1.82, 2.24) is 15.7 Å². The summed E-state index contributed by atoms with van der Waals surface area (Å²) in [5.41, 5.74) is 4.88. The van der Waals surface area contributed by atoms with Crippen molar-refractivity contribution >= 4 is 34.8 Å². The summed E-state index contributed by atoms with van der Waals surface area (Å²) in [6.07, 6.45) is 1.76. The molecule has 2 aliphatic rings. The van der Waals surface area contributed by atoms with Gasteiger partial charge in [-0.25, -0.2) is 10.4 Å². The number of aromatic nitrogens is 1. The molecule has 1 aromatic carbocycles. The van der Waals surface area contributed by atoms with Gasteiger partial charge in [-0.1, -0.05) is 29.3 Å². The lowest BCUT2D eigenvalue weighted by atomic mass is 9.96. The van der Waals surface area contributed by atoms with E-state index in [-0.39, 0.29) is 24.3 Å². The van der Waals surface area contributed by atoms with Gasteiger partial charge in [0.25, 0.3) is 0 Å². The van der Waals surface area contributed by atoms with E-state index in [1.807, 2.05) is 18.2 Å². The van der Waals surface area contributed by atoms with Gasteiger partial charge in [0, 0.05) is 36.8 Å². The smallest absolute Gasteiger partial charge is 0.246 e. The fourth-order valence-corrected chi connectivity index (χ4v) is 3.66. The number of halogens is 2. The molecule has 0 unspecified atom stereocenters. The Morgan fingerprint density at radius 3 is 2.83 bits per heavy atom. The molecule has 2 atom stereocenters. The Morgan fingerprint density at radius 1 is 1.21 bits per heavy atom. The van der Waals surface area contributed by atoms with Gasteiger partial charge in [-0.3, -0.25) is 4.79 Å². The molecule has 9 heteroatoms. The summed E-state index contributed by atoms with van der Waals surface area (Å²) in [5.74, 6) is 0.454. The summed E-state index contributed by atoms with van der Waals surface area (Å²) >= 11 is 12.2. The van der Waals surface area contributed by atoms with E-state index in [9.17, 15) is 4.79 Å². The van der Waals surface area contributed by atoms with Crippen LogP contribution in [0.3, 0.4) is 0 Å². The monoisotopic (exact) mass is 434 g/mol. The number of hydrogen-bond acceptors (Lipinski definition) is 6. The molecule has 1 amide bonds. The minimum Gasteiger partial charge on any atom is -0.477 e. The molecule has 0 saturated carbocycles. The van der Waals surface area contributed by atoms with Crippen molar-refractivity contribution in [2.24, 2.45) is 11.0 Å². The molecule has 0 spiro atoms. The summed E-state index contributed by atoms with van der Waals surface area (Å²) in [6, 6.07) is 9.18. The Kier molecular flexibility index (Phi) is 6.30. The standard InChI is InChI=1S/C20H20Cl2N4O3/c21-15-3-1-12(7-16(15)22)20-14(9-23-5-6-28-20)11-29-19-4-2-13(10-24-19)17-8-18(27)26-25-17/h1-4,7,10,14,20,23H,5-6,8-9,11H2,(H,26,27)/t14-,20-/m0/s1. The quantitative estimate of drug-likeness (QED) is 0.755. The molecule has 0 bridgehead atoms. The minimum absolute atomic E-state index is 0.0669. The maximum atomic E-state index is 11.3. The van der Waals surface area contributed by atoms with E-state index < -0.39 is 0 Å². The molecule has 1 fully saturated rings. The summed E-state index contributed by atoms with van der Waals surface area (Å²) in [6.45, 7) is 2.54. The van der Waals surface area contributed by atoms with Crippen molar-refractivity contribution < 1.29 is 14.3 Å². The van der Waals surface area contributed by atoms with E-state index >= 15 is 0 Å². The number of pyridine rings is 1. The van der Waals surface area contributed by atoms with E-state index in [4.69, 9.17) is 32.7 Å². The van der Waals surface area contributed by atoms with Gasteiger partial charge in [0.2, 0.25) is 11.8 Å². The number of nitrogens with zero attached hydrogens (tertiary/aromatic N) is 2. The molecule has 7 nitrogen and oxygen atoms in total. The number of carbonyl (C=O) groups excluding carboxylic acids is 1. The normalized spacial score (nSPS) is 22.0. The van der Waals surface area contributed by atoms with Crippen LogP contribution in [0, 0.1) is 5.92 Å². The highest BCUT2D eigenvalue weighted by Gasteiger charge is 2.27. The van der Waals surface area contributed by atoms with Crippen molar-refractivity contribution in [3.63, 3.8) is 0 Å². The highest BCUT2D eigenvalue weighted by atomic mass is 35.5. The lowest BCUT2D eigenvalue weighted by Gasteiger charge is -2.25. The van der Waals surface area contributed by atoms with Crippen LogP contribution in [0.1, 0.15) is 23.7 Å². The van der Waals surface area contributed by atoms with Crippen LogP contribution >= 0.6 is 23.2 Å². The number of benzene rings is 1. The second kappa shape index (κ2) is 9.09. The predicted octanol–water partition coefficient (Wildman–Crippen LogP) is 2.97. The van der Waals surface area contributed by atoms with Crippen LogP contribution in [0.4, 0.5) is 0 Å². The molecule has 1 aromatic heterocycles.